The van der Waals surface area contributed by atoms with E-state index in [0.717, 1.165) is 5.01 Å². The van der Waals surface area contributed by atoms with Crippen molar-refractivity contribution in [3.05, 3.63) is 39.8 Å². The minimum Gasteiger partial charge on any atom is -0.497 e. The van der Waals surface area contributed by atoms with Gasteiger partial charge in [0.2, 0.25) is 0 Å². The maximum Gasteiger partial charge on any atom is 0.275 e. The van der Waals surface area contributed by atoms with Crippen LogP contribution in [0.3, 0.4) is 0 Å². The lowest BCUT2D eigenvalue weighted by molar-refractivity contribution is 0.0963. The third kappa shape index (κ3) is 4.05. The Hall–Kier alpha value is -2.45. The molecule has 2 amide bonds. The van der Waals surface area contributed by atoms with Crippen molar-refractivity contribution >= 4 is 28.8 Å². The zero-order valence-electron chi connectivity index (χ0n) is 12.9. The zero-order valence-corrected chi connectivity index (χ0v) is 13.7. The van der Waals surface area contributed by atoms with Gasteiger partial charge < -0.3 is 21.1 Å². The molecule has 1 aromatic carbocycles. The highest BCUT2D eigenvalue weighted by molar-refractivity contribution is 7.09. The number of nitrogens with two attached hydrogens (primary N) is 1. The maximum absolute atomic E-state index is 12.3. The van der Waals surface area contributed by atoms with Gasteiger partial charge in [-0.25, -0.2) is 4.98 Å². The van der Waals surface area contributed by atoms with Crippen LogP contribution in [0, 0.1) is 0 Å². The molecule has 1 heterocycles. The normalized spacial score (nSPS) is 10.2. The number of rotatable bonds is 6. The Balaban J connectivity index is 2.24. The van der Waals surface area contributed by atoms with Gasteiger partial charge in [0.15, 0.2) is 0 Å². The molecule has 0 fully saturated rings. The van der Waals surface area contributed by atoms with Gasteiger partial charge >= 0.3 is 0 Å². The van der Waals surface area contributed by atoms with Crippen LogP contribution in [0.2, 0.25) is 0 Å². The third-order valence-corrected chi connectivity index (χ3v) is 4.00. The van der Waals surface area contributed by atoms with Crippen molar-refractivity contribution in [2.75, 3.05) is 26.0 Å². The number of anilines is 1. The number of ether oxygens (including phenoxy) is 1. The molecule has 0 aliphatic rings. The Morgan fingerprint density at radius 3 is 2.78 bits per heavy atom. The summed E-state index contributed by atoms with van der Waals surface area (Å²) in [5.74, 6) is -0.165. The lowest BCUT2D eigenvalue weighted by Crippen LogP contribution is -2.21. The SMILES string of the molecule is CNC(=O)c1cc(OC)ccc1NC(=O)c1csc(CCN)n1. The number of nitrogens with zero attached hydrogens (tertiary/aromatic N) is 1. The first-order valence-corrected chi connectivity index (χ1v) is 7.83. The molecule has 0 saturated carbocycles. The van der Waals surface area contributed by atoms with E-state index in [2.05, 4.69) is 15.6 Å². The largest absolute Gasteiger partial charge is 0.497 e. The number of thiazole rings is 1. The summed E-state index contributed by atoms with van der Waals surface area (Å²) in [5.41, 5.74) is 6.49. The molecule has 0 bridgehead atoms. The van der Waals surface area contributed by atoms with E-state index >= 15 is 0 Å². The molecule has 7 nitrogen and oxygen atoms in total. The van der Waals surface area contributed by atoms with E-state index in [1.807, 2.05) is 0 Å². The number of carbonyl (C=O) groups excluding carboxylic acids is 2. The molecule has 0 saturated heterocycles. The summed E-state index contributed by atoms with van der Waals surface area (Å²) < 4.78 is 5.11. The highest BCUT2D eigenvalue weighted by Gasteiger charge is 2.16. The molecular weight excluding hydrogens is 316 g/mol. The van der Waals surface area contributed by atoms with Crippen molar-refractivity contribution in [3.63, 3.8) is 0 Å². The topological polar surface area (TPSA) is 106 Å². The molecule has 23 heavy (non-hydrogen) atoms. The fourth-order valence-corrected chi connectivity index (χ4v) is 2.72. The van der Waals surface area contributed by atoms with Crippen molar-refractivity contribution in [1.29, 1.82) is 0 Å². The fraction of sp³-hybridized carbons (Fsp3) is 0.267. The molecule has 2 rings (SSSR count). The Labute approximate surface area is 137 Å². The van der Waals surface area contributed by atoms with E-state index < -0.39 is 0 Å². The van der Waals surface area contributed by atoms with Crippen LogP contribution in [0.4, 0.5) is 5.69 Å². The van der Waals surface area contributed by atoms with E-state index in [0.29, 0.717) is 35.7 Å². The van der Waals surface area contributed by atoms with Crippen LogP contribution in [0.15, 0.2) is 23.6 Å². The van der Waals surface area contributed by atoms with Gasteiger partial charge in [-0.05, 0) is 24.7 Å². The lowest BCUT2D eigenvalue weighted by atomic mass is 10.1. The molecule has 0 radical (unpaired) electrons. The molecule has 4 N–H and O–H groups in total. The molecule has 0 aliphatic carbocycles. The van der Waals surface area contributed by atoms with Gasteiger partial charge in [0.1, 0.15) is 11.4 Å². The first kappa shape index (κ1) is 16.9. The zero-order chi connectivity index (χ0) is 16.8. The molecule has 0 atom stereocenters. The van der Waals surface area contributed by atoms with Crippen LogP contribution in [0.1, 0.15) is 25.9 Å². The lowest BCUT2D eigenvalue weighted by Gasteiger charge is -2.11. The quantitative estimate of drug-likeness (QED) is 0.737. The first-order chi connectivity index (χ1) is 11.1. The van der Waals surface area contributed by atoms with Crippen LogP contribution in [-0.4, -0.2) is 37.5 Å². The predicted octanol–water partition coefficient (Wildman–Crippen LogP) is 1.26. The second-order valence-electron chi connectivity index (χ2n) is 4.61. The van der Waals surface area contributed by atoms with Crippen LogP contribution in [0.25, 0.3) is 0 Å². The highest BCUT2D eigenvalue weighted by Crippen LogP contribution is 2.23. The molecule has 0 unspecified atom stereocenters. The monoisotopic (exact) mass is 334 g/mol. The number of amides is 2. The molecule has 1 aromatic heterocycles. The average molecular weight is 334 g/mol. The van der Waals surface area contributed by atoms with E-state index in [1.54, 1.807) is 23.6 Å². The number of hydrogen-bond donors (Lipinski definition) is 3. The summed E-state index contributed by atoms with van der Waals surface area (Å²) in [5, 5.41) is 7.71. The molecule has 2 aromatic rings. The average Bonchev–Trinajstić information content (AvgIpc) is 3.03. The summed E-state index contributed by atoms with van der Waals surface area (Å²) >= 11 is 1.38. The van der Waals surface area contributed by atoms with Gasteiger partial charge in [-0.1, -0.05) is 0 Å². The van der Waals surface area contributed by atoms with Gasteiger partial charge in [-0.3, -0.25) is 9.59 Å². The number of methoxy groups -OCH3 is 1. The third-order valence-electron chi connectivity index (χ3n) is 3.09. The number of carbonyl (C=O) groups is 2. The Morgan fingerprint density at radius 1 is 1.35 bits per heavy atom. The van der Waals surface area contributed by atoms with Gasteiger partial charge in [0.05, 0.1) is 23.4 Å². The van der Waals surface area contributed by atoms with Crippen molar-refractivity contribution in [3.8, 4) is 5.75 Å². The number of nitrogens with one attached hydrogen (secondary N) is 2. The summed E-state index contributed by atoms with van der Waals surface area (Å²) in [4.78, 5) is 28.5. The Kier molecular flexibility index (Phi) is 5.67. The smallest absolute Gasteiger partial charge is 0.275 e. The van der Waals surface area contributed by atoms with E-state index in [4.69, 9.17) is 10.5 Å². The second-order valence-corrected chi connectivity index (χ2v) is 5.55. The van der Waals surface area contributed by atoms with Crippen LogP contribution in [0.5, 0.6) is 5.75 Å². The van der Waals surface area contributed by atoms with Crippen LogP contribution >= 0.6 is 11.3 Å². The van der Waals surface area contributed by atoms with Crippen LogP contribution in [-0.2, 0) is 6.42 Å². The fourth-order valence-electron chi connectivity index (χ4n) is 1.92. The summed E-state index contributed by atoms with van der Waals surface area (Å²) in [6.07, 6.45) is 0.629. The predicted molar refractivity (Wildman–Crippen MR) is 89.2 cm³/mol. The molecule has 0 spiro atoms. The maximum atomic E-state index is 12.3. The number of benzene rings is 1. The van der Waals surface area contributed by atoms with Gasteiger partial charge in [-0.2, -0.15) is 0 Å². The van der Waals surface area contributed by atoms with Crippen LogP contribution < -0.4 is 21.1 Å². The Bertz CT molecular complexity index is 714. The summed E-state index contributed by atoms with van der Waals surface area (Å²) in [6.45, 7) is 0.480. The van der Waals surface area contributed by atoms with Crippen molar-refractivity contribution in [1.82, 2.24) is 10.3 Å². The summed E-state index contributed by atoms with van der Waals surface area (Å²) in [6, 6.07) is 4.85. The van der Waals surface area contributed by atoms with Gasteiger partial charge in [-0.15, -0.1) is 11.3 Å². The van der Waals surface area contributed by atoms with E-state index in [-0.39, 0.29) is 11.8 Å². The van der Waals surface area contributed by atoms with Gasteiger partial charge in [0.25, 0.3) is 11.8 Å². The standard InChI is InChI=1S/C15H18N4O3S/c1-17-14(20)10-7-9(22-2)3-4-11(10)19-15(21)12-8-23-13(18-12)5-6-16/h3-4,7-8H,5-6,16H2,1-2H3,(H,17,20)(H,19,21). The Morgan fingerprint density at radius 2 is 2.13 bits per heavy atom. The minimum absolute atomic E-state index is 0.303. The molecule has 8 heteroatoms. The summed E-state index contributed by atoms with van der Waals surface area (Å²) in [7, 11) is 3.03. The number of hydrogen-bond acceptors (Lipinski definition) is 6. The van der Waals surface area contributed by atoms with Gasteiger partial charge in [0, 0.05) is 18.8 Å². The van der Waals surface area contributed by atoms with E-state index in [9.17, 15) is 9.59 Å². The second kappa shape index (κ2) is 7.70. The van der Waals surface area contributed by atoms with E-state index in [1.165, 1.54) is 25.5 Å². The number of aromatic nitrogens is 1. The molecular formula is C15H18N4O3S. The first-order valence-electron chi connectivity index (χ1n) is 6.95. The van der Waals surface area contributed by atoms with Crippen molar-refractivity contribution in [2.45, 2.75) is 6.42 Å². The minimum atomic E-state index is -0.375. The molecule has 0 aliphatic heterocycles. The van der Waals surface area contributed by atoms with Crippen molar-refractivity contribution < 1.29 is 14.3 Å². The van der Waals surface area contributed by atoms with Crippen molar-refractivity contribution in [2.24, 2.45) is 5.73 Å². The highest BCUT2D eigenvalue weighted by atomic mass is 32.1. The molecule has 122 valence electrons.